The highest BCUT2D eigenvalue weighted by molar-refractivity contribution is 5.73. The third kappa shape index (κ3) is 6.74. The summed E-state index contributed by atoms with van der Waals surface area (Å²) in [5.74, 6) is 1.65. The van der Waals surface area contributed by atoms with E-state index in [2.05, 4.69) is 12.6 Å². The van der Waals surface area contributed by atoms with Gasteiger partial charge in [-0.3, -0.25) is 9.69 Å². The summed E-state index contributed by atoms with van der Waals surface area (Å²) in [6.45, 7) is 5.50. The van der Waals surface area contributed by atoms with Gasteiger partial charge in [0.25, 0.3) is 0 Å². The van der Waals surface area contributed by atoms with Crippen LogP contribution in [0, 0.1) is 0 Å². The molecule has 0 amide bonds. The molecule has 2 aromatic carbocycles. The molecule has 0 fully saturated rings. The maximum atomic E-state index is 12.4. The highest BCUT2D eigenvalue weighted by atomic mass is 16.5. The van der Waals surface area contributed by atoms with Crippen molar-refractivity contribution in [1.29, 1.82) is 0 Å². The normalized spacial score (nSPS) is 11.8. The molecule has 0 N–H and O–H groups in total. The zero-order valence-corrected chi connectivity index (χ0v) is 17.1. The molecule has 28 heavy (non-hydrogen) atoms. The first-order valence-electron chi connectivity index (χ1n) is 9.29. The van der Waals surface area contributed by atoms with Crippen LogP contribution in [0.1, 0.15) is 24.5 Å². The first-order chi connectivity index (χ1) is 13.4. The van der Waals surface area contributed by atoms with E-state index in [1.807, 2.05) is 61.5 Å². The largest absolute Gasteiger partial charge is 0.497 e. The Hall–Kier alpha value is -2.79. The Balaban J connectivity index is 2.02. The number of rotatable bonds is 10. The molecule has 5 heteroatoms. The lowest BCUT2D eigenvalue weighted by molar-refractivity contribution is -0.139. The molecular formula is C23H29NO4. The number of allylic oxidation sites excluding steroid dienone is 1. The molecule has 2 aromatic rings. The van der Waals surface area contributed by atoms with E-state index in [0.717, 1.165) is 24.2 Å². The summed E-state index contributed by atoms with van der Waals surface area (Å²) in [6.07, 6.45) is 1.29. The monoisotopic (exact) mass is 383 g/mol. The van der Waals surface area contributed by atoms with E-state index in [0.29, 0.717) is 11.5 Å². The second-order valence-corrected chi connectivity index (χ2v) is 6.88. The number of carbonyl (C=O) groups is 1. The average Bonchev–Trinajstić information content (AvgIpc) is 2.66. The molecule has 0 aliphatic rings. The fraction of sp³-hybridized carbons (Fsp3) is 0.348. The number of benzene rings is 2. The molecule has 5 nitrogen and oxygen atoms in total. The summed E-state index contributed by atoms with van der Waals surface area (Å²) in [5, 5.41) is 0. The summed E-state index contributed by atoms with van der Waals surface area (Å²) in [7, 11) is 5.36. The lowest BCUT2D eigenvalue weighted by Crippen LogP contribution is -2.33. The molecule has 2 rings (SSSR count). The van der Waals surface area contributed by atoms with Gasteiger partial charge in [-0.25, -0.2) is 0 Å². The van der Waals surface area contributed by atoms with Gasteiger partial charge in [-0.05, 0) is 63.2 Å². The maximum Gasteiger partial charge on any atom is 0.316 e. The van der Waals surface area contributed by atoms with Crippen LogP contribution in [-0.2, 0) is 22.4 Å². The molecule has 1 unspecified atom stereocenters. The van der Waals surface area contributed by atoms with Gasteiger partial charge in [0.15, 0.2) is 6.23 Å². The molecule has 0 aliphatic heterocycles. The predicted octanol–water partition coefficient (Wildman–Crippen LogP) is 4.21. The Morgan fingerprint density at radius 1 is 1.11 bits per heavy atom. The molecule has 0 saturated heterocycles. The van der Waals surface area contributed by atoms with Gasteiger partial charge in [0.2, 0.25) is 0 Å². The number of carbonyl (C=O) groups excluding carboxylic acids is 1. The quantitative estimate of drug-likeness (QED) is 0.266. The predicted molar refractivity (Wildman–Crippen MR) is 110 cm³/mol. The van der Waals surface area contributed by atoms with Crippen molar-refractivity contribution in [3.63, 3.8) is 0 Å². The van der Waals surface area contributed by atoms with Gasteiger partial charge in [-0.15, -0.1) is 0 Å². The van der Waals surface area contributed by atoms with Gasteiger partial charge in [-0.2, -0.15) is 0 Å². The minimum absolute atomic E-state index is 0.115. The minimum atomic E-state index is -0.408. The van der Waals surface area contributed by atoms with Crippen LogP contribution in [0.5, 0.6) is 11.5 Å². The third-order valence-corrected chi connectivity index (χ3v) is 4.27. The minimum Gasteiger partial charge on any atom is -0.497 e. The number of esters is 1. The standard InChI is InChI=1S/C23H29NO4/c1-17(2)27-22(24(3)4)16-23(25)28-21-12-7-6-10-19(21)14-13-18-9-8-11-20(15-18)26-5/h6-12,15,22H,1,13-14,16H2,2-5H3. The van der Waals surface area contributed by atoms with Gasteiger partial charge in [-0.1, -0.05) is 36.9 Å². The van der Waals surface area contributed by atoms with Crippen molar-refractivity contribution in [2.45, 2.75) is 32.4 Å². The van der Waals surface area contributed by atoms with Crippen molar-refractivity contribution >= 4 is 5.97 Å². The second-order valence-electron chi connectivity index (χ2n) is 6.88. The summed E-state index contributed by atoms with van der Waals surface area (Å²) < 4.78 is 16.5. The number of hydrogen-bond donors (Lipinski definition) is 0. The number of nitrogens with zero attached hydrogens (tertiary/aromatic N) is 1. The SMILES string of the molecule is C=C(C)OC(CC(=O)Oc1ccccc1CCc1cccc(OC)c1)N(C)C. The van der Waals surface area contributed by atoms with Crippen LogP contribution in [0.25, 0.3) is 0 Å². The van der Waals surface area contributed by atoms with Crippen LogP contribution >= 0.6 is 0 Å². The highest BCUT2D eigenvalue weighted by Gasteiger charge is 2.20. The van der Waals surface area contributed by atoms with Crippen molar-refractivity contribution in [2.24, 2.45) is 0 Å². The molecular weight excluding hydrogens is 354 g/mol. The number of para-hydroxylation sites is 1. The highest BCUT2D eigenvalue weighted by Crippen LogP contribution is 2.22. The van der Waals surface area contributed by atoms with Crippen LogP contribution in [-0.4, -0.2) is 38.3 Å². The van der Waals surface area contributed by atoms with Gasteiger partial charge >= 0.3 is 5.97 Å². The van der Waals surface area contributed by atoms with Crippen molar-refractivity contribution in [3.8, 4) is 11.5 Å². The smallest absolute Gasteiger partial charge is 0.316 e. The summed E-state index contributed by atoms with van der Waals surface area (Å²) in [4.78, 5) is 14.3. The number of aryl methyl sites for hydroxylation is 2. The topological polar surface area (TPSA) is 48.0 Å². The van der Waals surface area contributed by atoms with E-state index in [4.69, 9.17) is 14.2 Å². The van der Waals surface area contributed by atoms with E-state index < -0.39 is 6.23 Å². The molecule has 0 aromatic heterocycles. The number of ether oxygens (including phenoxy) is 3. The Bertz CT molecular complexity index is 801. The van der Waals surface area contributed by atoms with E-state index in [1.165, 1.54) is 5.56 Å². The van der Waals surface area contributed by atoms with Crippen LogP contribution in [0.3, 0.4) is 0 Å². The van der Waals surface area contributed by atoms with Crippen LogP contribution in [0.4, 0.5) is 0 Å². The zero-order valence-electron chi connectivity index (χ0n) is 17.1. The Kier molecular flexibility index (Phi) is 8.08. The molecule has 150 valence electrons. The molecule has 1 atom stereocenters. The van der Waals surface area contributed by atoms with E-state index >= 15 is 0 Å². The molecule has 0 saturated carbocycles. The second kappa shape index (κ2) is 10.5. The summed E-state index contributed by atoms with van der Waals surface area (Å²) >= 11 is 0. The van der Waals surface area contributed by atoms with Gasteiger partial charge in [0, 0.05) is 0 Å². The van der Waals surface area contributed by atoms with E-state index in [1.54, 1.807) is 14.0 Å². The third-order valence-electron chi connectivity index (χ3n) is 4.27. The first kappa shape index (κ1) is 21.5. The Labute approximate surface area is 167 Å². The maximum absolute atomic E-state index is 12.4. The van der Waals surface area contributed by atoms with Gasteiger partial charge < -0.3 is 14.2 Å². The summed E-state index contributed by atoms with van der Waals surface area (Å²) in [5.41, 5.74) is 2.16. The Morgan fingerprint density at radius 2 is 1.86 bits per heavy atom. The lowest BCUT2D eigenvalue weighted by Gasteiger charge is -2.24. The zero-order chi connectivity index (χ0) is 20.5. The number of hydrogen-bond acceptors (Lipinski definition) is 5. The van der Waals surface area contributed by atoms with Gasteiger partial charge in [0.05, 0.1) is 19.3 Å². The molecule has 0 heterocycles. The van der Waals surface area contributed by atoms with E-state index in [-0.39, 0.29) is 12.4 Å². The molecule has 0 bridgehead atoms. The lowest BCUT2D eigenvalue weighted by atomic mass is 10.0. The van der Waals surface area contributed by atoms with E-state index in [9.17, 15) is 4.79 Å². The molecule has 0 aliphatic carbocycles. The molecule has 0 spiro atoms. The Morgan fingerprint density at radius 3 is 2.54 bits per heavy atom. The average molecular weight is 383 g/mol. The van der Waals surface area contributed by atoms with Crippen LogP contribution < -0.4 is 9.47 Å². The fourth-order valence-corrected chi connectivity index (χ4v) is 2.79. The number of methoxy groups -OCH3 is 1. The molecule has 0 radical (unpaired) electrons. The van der Waals surface area contributed by atoms with Crippen LogP contribution in [0.15, 0.2) is 60.9 Å². The van der Waals surface area contributed by atoms with Gasteiger partial charge in [0.1, 0.15) is 11.5 Å². The first-order valence-corrected chi connectivity index (χ1v) is 9.29. The van der Waals surface area contributed by atoms with Crippen molar-refractivity contribution in [1.82, 2.24) is 4.90 Å². The van der Waals surface area contributed by atoms with Crippen molar-refractivity contribution < 1.29 is 19.0 Å². The van der Waals surface area contributed by atoms with Crippen molar-refractivity contribution in [3.05, 3.63) is 72.0 Å². The van der Waals surface area contributed by atoms with Crippen molar-refractivity contribution in [2.75, 3.05) is 21.2 Å². The summed E-state index contributed by atoms with van der Waals surface area (Å²) in [6, 6.07) is 15.6. The fourth-order valence-electron chi connectivity index (χ4n) is 2.79. The van der Waals surface area contributed by atoms with Crippen LogP contribution in [0.2, 0.25) is 0 Å².